The summed E-state index contributed by atoms with van der Waals surface area (Å²) >= 11 is 1.74. The number of thioether (sulfide) groups is 1. The van der Waals surface area contributed by atoms with Crippen LogP contribution < -0.4 is 0 Å². The van der Waals surface area contributed by atoms with Crippen LogP contribution in [0.2, 0.25) is 0 Å². The first-order valence-electron chi connectivity index (χ1n) is 5.23. The van der Waals surface area contributed by atoms with E-state index < -0.39 is 0 Å². The molecule has 0 fully saturated rings. The topological polar surface area (TPSA) is 17.1 Å². The molecule has 0 aromatic heterocycles. The zero-order valence-electron chi connectivity index (χ0n) is 9.62. The zero-order chi connectivity index (χ0) is 11.3. The van der Waals surface area contributed by atoms with E-state index >= 15 is 0 Å². The lowest BCUT2D eigenvalue weighted by molar-refractivity contribution is -0.121. The van der Waals surface area contributed by atoms with Gasteiger partial charge in [0.15, 0.2) is 0 Å². The van der Waals surface area contributed by atoms with Crippen molar-refractivity contribution in [2.45, 2.75) is 25.7 Å². The Kier molecular flexibility index (Phi) is 4.40. The summed E-state index contributed by atoms with van der Waals surface area (Å²) < 4.78 is 0. The van der Waals surface area contributed by atoms with Crippen LogP contribution in [0.15, 0.2) is 30.3 Å². The third-order valence-electron chi connectivity index (χ3n) is 2.99. The molecule has 0 aliphatic carbocycles. The number of carbonyl (C=O) groups excluding carboxylic acids is 1. The minimum atomic E-state index is -0.291. The van der Waals surface area contributed by atoms with Crippen molar-refractivity contribution in [2.75, 3.05) is 12.0 Å². The SMILES string of the molecule is CC[C@@](CSC)(C(C)=O)c1ccccc1. The Bertz CT molecular complexity index is 321. The molecule has 1 rings (SSSR count). The molecule has 0 heterocycles. The quantitative estimate of drug-likeness (QED) is 0.760. The second-order valence-corrected chi connectivity index (χ2v) is 4.66. The van der Waals surface area contributed by atoms with Gasteiger partial charge in [-0.25, -0.2) is 0 Å². The van der Waals surface area contributed by atoms with Crippen molar-refractivity contribution in [3.63, 3.8) is 0 Å². The van der Waals surface area contributed by atoms with Crippen LogP contribution in [0.3, 0.4) is 0 Å². The molecule has 0 radical (unpaired) electrons. The Balaban J connectivity index is 3.15. The summed E-state index contributed by atoms with van der Waals surface area (Å²) in [5.74, 6) is 1.13. The maximum Gasteiger partial charge on any atom is 0.141 e. The Morgan fingerprint density at radius 1 is 1.33 bits per heavy atom. The molecule has 1 atom stereocenters. The van der Waals surface area contributed by atoms with E-state index in [1.54, 1.807) is 18.7 Å². The van der Waals surface area contributed by atoms with Gasteiger partial charge in [-0.2, -0.15) is 11.8 Å². The molecular formula is C13H18OS. The van der Waals surface area contributed by atoms with Gasteiger partial charge in [-0.15, -0.1) is 0 Å². The summed E-state index contributed by atoms with van der Waals surface area (Å²) in [6, 6.07) is 10.1. The molecule has 0 bridgehead atoms. The van der Waals surface area contributed by atoms with Crippen molar-refractivity contribution in [3.05, 3.63) is 35.9 Å². The number of Topliss-reactive ketones (excluding diaryl/α,β-unsaturated/α-hetero) is 1. The van der Waals surface area contributed by atoms with Gasteiger partial charge in [-0.3, -0.25) is 4.79 Å². The number of benzene rings is 1. The average Bonchev–Trinajstić information content (AvgIpc) is 2.26. The van der Waals surface area contributed by atoms with E-state index in [0.717, 1.165) is 17.7 Å². The van der Waals surface area contributed by atoms with Gasteiger partial charge in [0.25, 0.3) is 0 Å². The predicted octanol–water partition coefficient (Wildman–Crippen LogP) is 3.29. The van der Waals surface area contributed by atoms with Gasteiger partial charge in [0, 0.05) is 5.75 Å². The van der Waals surface area contributed by atoms with Crippen LogP contribution in [0.5, 0.6) is 0 Å². The van der Waals surface area contributed by atoms with Gasteiger partial charge in [0.05, 0.1) is 5.41 Å². The first-order chi connectivity index (χ1) is 7.17. The molecule has 82 valence electrons. The van der Waals surface area contributed by atoms with E-state index in [-0.39, 0.29) is 11.2 Å². The van der Waals surface area contributed by atoms with Crippen LogP contribution >= 0.6 is 11.8 Å². The van der Waals surface area contributed by atoms with Crippen molar-refractivity contribution in [3.8, 4) is 0 Å². The molecule has 1 nitrogen and oxygen atoms in total. The first-order valence-corrected chi connectivity index (χ1v) is 6.62. The van der Waals surface area contributed by atoms with Gasteiger partial charge in [0.2, 0.25) is 0 Å². The number of ketones is 1. The smallest absolute Gasteiger partial charge is 0.141 e. The summed E-state index contributed by atoms with van der Waals surface area (Å²) in [5.41, 5.74) is 0.857. The van der Waals surface area contributed by atoms with Crippen LogP contribution in [-0.4, -0.2) is 17.8 Å². The highest BCUT2D eigenvalue weighted by molar-refractivity contribution is 7.98. The van der Waals surface area contributed by atoms with Gasteiger partial charge in [-0.05, 0) is 25.2 Å². The fraction of sp³-hybridized carbons (Fsp3) is 0.462. The fourth-order valence-corrected chi connectivity index (χ4v) is 3.01. The minimum absolute atomic E-state index is 0.269. The third-order valence-corrected chi connectivity index (χ3v) is 3.78. The van der Waals surface area contributed by atoms with Crippen LogP contribution in [0.25, 0.3) is 0 Å². The summed E-state index contributed by atoms with van der Waals surface area (Å²) in [6.45, 7) is 3.79. The van der Waals surface area contributed by atoms with Gasteiger partial charge in [0.1, 0.15) is 5.78 Å². The van der Waals surface area contributed by atoms with Crippen molar-refractivity contribution in [2.24, 2.45) is 0 Å². The highest BCUT2D eigenvalue weighted by Gasteiger charge is 2.34. The summed E-state index contributed by atoms with van der Waals surface area (Å²) in [7, 11) is 0. The van der Waals surface area contributed by atoms with E-state index in [4.69, 9.17) is 0 Å². The Labute approximate surface area is 96.3 Å². The van der Waals surface area contributed by atoms with Gasteiger partial charge >= 0.3 is 0 Å². The molecule has 0 N–H and O–H groups in total. The van der Waals surface area contributed by atoms with E-state index in [0.29, 0.717) is 0 Å². The molecule has 0 aliphatic rings. The number of hydrogen-bond acceptors (Lipinski definition) is 2. The van der Waals surface area contributed by atoms with Crippen molar-refractivity contribution >= 4 is 17.5 Å². The molecule has 1 aromatic carbocycles. The average molecular weight is 222 g/mol. The van der Waals surface area contributed by atoms with Crippen LogP contribution in [0.4, 0.5) is 0 Å². The van der Waals surface area contributed by atoms with Crippen molar-refractivity contribution in [1.29, 1.82) is 0 Å². The maximum absolute atomic E-state index is 11.9. The largest absolute Gasteiger partial charge is 0.299 e. The molecule has 0 amide bonds. The molecule has 0 unspecified atom stereocenters. The summed E-state index contributed by atoms with van der Waals surface area (Å²) in [6.07, 6.45) is 2.92. The molecule has 0 aliphatic heterocycles. The summed E-state index contributed by atoms with van der Waals surface area (Å²) in [5, 5.41) is 0. The van der Waals surface area contributed by atoms with Gasteiger partial charge < -0.3 is 0 Å². The molecule has 0 saturated carbocycles. The predicted molar refractivity (Wildman–Crippen MR) is 67.5 cm³/mol. The molecule has 15 heavy (non-hydrogen) atoms. The minimum Gasteiger partial charge on any atom is -0.299 e. The lowest BCUT2D eigenvalue weighted by Crippen LogP contribution is -2.36. The lowest BCUT2D eigenvalue weighted by atomic mass is 9.77. The second kappa shape index (κ2) is 5.36. The number of carbonyl (C=O) groups is 1. The maximum atomic E-state index is 11.9. The molecular weight excluding hydrogens is 204 g/mol. The highest BCUT2D eigenvalue weighted by Crippen LogP contribution is 2.32. The lowest BCUT2D eigenvalue weighted by Gasteiger charge is -2.29. The number of rotatable bonds is 5. The van der Waals surface area contributed by atoms with E-state index in [1.165, 1.54) is 0 Å². The molecule has 0 spiro atoms. The monoisotopic (exact) mass is 222 g/mol. The molecule has 0 saturated heterocycles. The molecule has 2 heteroatoms. The van der Waals surface area contributed by atoms with E-state index in [1.807, 2.05) is 18.2 Å². The Morgan fingerprint density at radius 3 is 2.33 bits per heavy atom. The van der Waals surface area contributed by atoms with Crippen molar-refractivity contribution in [1.82, 2.24) is 0 Å². The van der Waals surface area contributed by atoms with Crippen LogP contribution in [0.1, 0.15) is 25.8 Å². The Hall–Kier alpha value is -0.760. The van der Waals surface area contributed by atoms with Crippen molar-refractivity contribution < 1.29 is 4.79 Å². The van der Waals surface area contributed by atoms with Crippen LogP contribution in [-0.2, 0) is 10.2 Å². The standard InChI is InChI=1S/C13H18OS/c1-4-13(10-15-3,11(2)14)12-8-6-5-7-9-12/h5-9H,4,10H2,1-3H3/t13-/m1/s1. The second-order valence-electron chi connectivity index (χ2n) is 3.79. The van der Waals surface area contributed by atoms with E-state index in [9.17, 15) is 4.79 Å². The van der Waals surface area contributed by atoms with E-state index in [2.05, 4.69) is 25.3 Å². The van der Waals surface area contributed by atoms with Gasteiger partial charge in [-0.1, -0.05) is 37.3 Å². The Morgan fingerprint density at radius 2 is 1.93 bits per heavy atom. The number of hydrogen-bond donors (Lipinski definition) is 0. The normalized spacial score (nSPS) is 14.6. The fourth-order valence-electron chi connectivity index (χ4n) is 1.95. The highest BCUT2D eigenvalue weighted by atomic mass is 32.2. The first kappa shape index (κ1) is 12.3. The van der Waals surface area contributed by atoms with Crippen LogP contribution in [0, 0.1) is 0 Å². The third kappa shape index (κ3) is 2.43. The zero-order valence-corrected chi connectivity index (χ0v) is 10.4. The molecule has 1 aromatic rings. The summed E-state index contributed by atoms with van der Waals surface area (Å²) in [4.78, 5) is 11.9.